The van der Waals surface area contributed by atoms with E-state index in [9.17, 15) is 27.6 Å². The lowest BCUT2D eigenvalue weighted by Crippen LogP contribution is -2.56. The molecule has 3 amide bonds. The van der Waals surface area contributed by atoms with Crippen LogP contribution < -0.4 is 10.1 Å². The highest BCUT2D eigenvalue weighted by atomic mass is 32.2. The molecule has 0 saturated carbocycles. The zero-order valence-electron chi connectivity index (χ0n) is 16.4. The van der Waals surface area contributed by atoms with Crippen LogP contribution in [0.25, 0.3) is 0 Å². The van der Waals surface area contributed by atoms with E-state index in [2.05, 4.69) is 15.0 Å². The molecule has 3 heterocycles. The van der Waals surface area contributed by atoms with Crippen LogP contribution in [-0.2, 0) is 24.7 Å². The average molecular weight is 459 g/mol. The summed E-state index contributed by atoms with van der Waals surface area (Å²) in [6.07, 6.45) is -4.29. The molecule has 0 bridgehead atoms. The molecule has 1 aromatic rings. The standard InChI is InChI=1S/C18H16F3N3O6S/c1-16(2)7-28-15(27)24(16)12(25)11-17(30-14(23-11)31-3)9-6-8(29-18(19,20)21)4-5-10(9)22-13(17)26/h4-6,11H,7H2,1-3H3,(H,22,26)/t11-,17-/m0/s1. The zero-order valence-corrected chi connectivity index (χ0v) is 17.2. The van der Waals surface area contributed by atoms with Crippen molar-refractivity contribution in [2.45, 2.75) is 37.4 Å². The smallest absolute Gasteiger partial charge is 0.448 e. The largest absolute Gasteiger partial charge is 0.573 e. The molecule has 0 aromatic heterocycles. The minimum atomic E-state index is -4.96. The van der Waals surface area contributed by atoms with Crippen LogP contribution in [0.2, 0.25) is 0 Å². The van der Waals surface area contributed by atoms with Crippen molar-refractivity contribution in [3.05, 3.63) is 23.8 Å². The lowest BCUT2D eigenvalue weighted by molar-refractivity contribution is -0.274. The second-order valence-electron chi connectivity index (χ2n) is 7.59. The molecule has 3 aliphatic heterocycles. The molecule has 13 heteroatoms. The fraction of sp³-hybridized carbons (Fsp3) is 0.444. The van der Waals surface area contributed by atoms with E-state index in [1.54, 1.807) is 20.1 Å². The van der Waals surface area contributed by atoms with E-state index in [1.165, 1.54) is 6.07 Å². The summed E-state index contributed by atoms with van der Waals surface area (Å²) in [6, 6.07) is 1.63. The molecule has 3 aliphatic rings. The molecule has 31 heavy (non-hydrogen) atoms. The predicted molar refractivity (Wildman–Crippen MR) is 102 cm³/mol. The molecule has 1 N–H and O–H groups in total. The summed E-state index contributed by atoms with van der Waals surface area (Å²) in [4.78, 5) is 43.7. The lowest BCUT2D eigenvalue weighted by atomic mass is 9.86. The molecule has 166 valence electrons. The van der Waals surface area contributed by atoms with E-state index in [0.29, 0.717) is 0 Å². The van der Waals surface area contributed by atoms with Gasteiger partial charge in [-0.2, -0.15) is 0 Å². The number of amides is 3. The Kier molecular flexibility index (Phi) is 4.65. The number of carbonyl (C=O) groups excluding carboxylic acids is 3. The minimum absolute atomic E-state index is 0.0335. The van der Waals surface area contributed by atoms with Crippen LogP contribution in [0, 0.1) is 0 Å². The van der Waals surface area contributed by atoms with Crippen molar-refractivity contribution in [1.29, 1.82) is 0 Å². The number of carbonyl (C=O) groups is 3. The number of rotatable bonds is 2. The van der Waals surface area contributed by atoms with E-state index in [1.807, 2.05) is 0 Å². The summed E-state index contributed by atoms with van der Waals surface area (Å²) in [5.41, 5.74) is -3.05. The number of anilines is 1. The SMILES string of the molecule is CSC1=N[C@@H](C(=O)N2C(=O)OCC2(C)C)[C@]2(O1)C(=O)Nc1ccc(OC(F)(F)F)cc12. The van der Waals surface area contributed by atoms with Gasteiger partial charge in [0.05, 0.1) is 5.54 Å². The molecule has 1 aromatic carbocycles. The van der Waals surface area contributed by atoms with Gasteiger partial charge in [-0.15, -0.1) is 13.2 Å². The Hall–Kier alpha value is -2.96. The van der Waals surface area contributed by atoms with Gasteiger partial charge in [0.25, 0.3) is 11.8 Å². The highest BCUT2D eigenvalue weighted by Gasteiger charge is 2.64. The molecule has 0 radical (unpaired) electrons. The van der Waals surface area contributed by atoms with Crippen LogP contribution in [0.3, 0.4) is 0 Å². The number of alkyl halides is 3. The number of aliphatic imine (C=N–C) groups is 1. The fourth-order valence-electron chi connectivity index (χ4n) is 3.71. The maximum absolute atomic E-state index is 13.4. The number of imide groups is 1. The van der Waals surface area contributed by atoms with Crippen LogP contribution in [0.4, 0.5) is 23.7 Å². The van der Waals surface area contributed by atoms with Crippen molar-refractivity contribution in [2.75, 3.05) is 18.2 Å². The maximum Gasteiger partial charge on any atom is 0.573 e. The predicted octanol–water partition coefficient (Wildman–Crippen LogP) is 2.61. The quantitative estimate of drug-likeness (QED) is 0.725. The Morgan fingerprint density at radius 2 is 2.06 bits per heavy atom. The van der Waals surface area contributed by atoms with Crippen LogP contribution in [-0.4, -0.2) is 58.8 Å². The van der Waals surface area contributed by atoms with Gasteiger partial charge in [0.15, 0.2) is 6.04 Å². The number of ether oxygens (including phenoxy) is 3. The first-order chi connectivity index (χ1) is 14.4. The third-order valence-electron chi connectivity index (χ3n) is 5.04. The van der Waals surface area contributed by atoms with Crippen LogP contribution in [0.5, 0.6) is 5.75 Å². The molecular formula is C18H16F3N3O6S. The van der Waals surface area contributed by atoms with Gasteiger partial charge in [0, 0.05) is 11.3 Å². The maximum atomic E-state index is 13.4. The van der Waals surface area contributed by atoms with E-state index in [-0.39, 0.29) is 23.1 Å². The number of fused-ring (bicyclic) bond motifs is 2. The third-order valence-corrected chi connectivity index (χ3v) is 5.58. The van der Waals surface area contributed by atoms with Crippen molar-refractivity contribution in [2.24, 2.45) is 4.99 Å². The molecule has 9 nitrogen and oxygen atoms in total. The number of hydrogen-bond donors (Lipinski definition) is 1. The Morgan fingerprint density at radius 3 is 2.65 bits per heavy atom. The summed E-state index contributed by atoms with van der Waals surface area (Å²) in [5.74, 6) is -2.28. The topological polar surface area (TPSA) is 107 Å². The highest BCUT2D eigenvalue weighted by molar-refractivity contribution is 8.13. The third kappa shape index (κ3) is 3.27. The zero-order chi connectivity index (χ0) is 22.8. The normalized spacial score (nSPS) is 26.3. The molecular weight excluding hydrogens is 443 g/mol. The number of halogens is 3. The van der Waals surface area contributed by atoms with Crippen molar-refractivity contribution >= 4 is 40.6 Å². The van der Waals surface area contributed by atoms with Gasteiger partial charge < -0.3 is 19.5 Å². The molecule has 1 spiro atoms. The Balaban J connectivity index is 1.82. The first-order valence-electron chi connectivity index (χ1n) is 8.92. The molecule has 2 atom stereocenters. The summed E-state index contributed by atoms with van der Waals surface area (Å²) in [7, 11) is 0. The van der Waals surface area contributed by atoms with E-state index < -0.39 is 47.2 Å². The first-order valence-corrected chi connectivity index (χ1v) is 10.1. The van der Waals surface area contributed by atoms with Gasteiger partial charge in [0.1, 0.15) is 12.4 Å². The van der Waals surface area contributed by atoms with Gasteiger partial charge in [-0.3, -0.25) is 9.59 Å². The number of thioether (sulfide) groups is 1. The molecule has 4 rings (SSSR count). The van der Waals surface area contributed by atoms with Crippen molar-refractivity contribution in [3.63, 3.8) is 0 Å². The summed E-state index contributed by atoms with van der Waals surface area (Å²) >= 11 is 0.998. The van der Waals surface area contributed by atoms with Crippen LogP contribution in [0.15, 0.2) is 23.2 Å². The van der Waals surface area contributed by atoms with Crippen molar-refractivity contribution in [1.82, 2.24) is 4.90 Å². The van der Waals surface area contributed by atoms with Crippen molar-refractivity contribution < 1.29 is 41.8 Å². The first kappa shape index (κ1) is 21.3. The number of nitrogens with one attached hydrogen (secondary N) is 1. The Bertz CT molecular complexity index is 1030. The number of cyclic esters (lactones) is 1. The van der Waals surface area contributed by atoms with Gasteiger partial charge >= 0.3 is 12.5 Å². The second-order valence-corrected chi connectivity index (χ2v) is 8.35. The van der Waals surface area contributed by atoms with E-state index in [0.717, 1.165) is 28.8 Å². The molecule has 0 aliphatic carbocycles. The average Bonchev–Trinajstić information content (AvgIpc) is 3.27. The molecule has 1 saturated heterocycles. The van der Waals surface area contributed by atoms with E-state index >= 15 is 0 Å². The Labute approximate surface area is 177 Å². The number of benzene rings is 1. The second kappa shape index (κ2) is 6.77. The molecule has 1 fully saturated rings. The monoisotopic (exact) mass is 459 g/mol. The van der Waals surface area contributed by atoms with Crippen molar-refractivity contribution in [3.8, 4) is 5.75 Å². The van der Waals surface area contributed by atoms with Gasteiger partial charge in [-0.05, 0) is 38.3 Å². The lowest BCUT2D eigenvalue weighted by Gasteiger charge is -2.32. The van der Waals surface area contributed by atoms with Gasteiger partial charge in [-0.1, -0.05) is 11.8 Å². The summed E-state index contributed by atoms with van der Waals surface area (Å²) < 4.78 is 52.8. The highest BCUT2D eigenvalue weighted by Crippen LogP contribution is 2.49. The molecule has 0 unspecified atom stereocenters. The summed E-state index contributed by atoms with van der Waals surface area (Å²) in [5, 5.41) is 2.47. The number of hydrogen-bond acceptors (Lipinski definition) is 8. The minimum Gasteiger partial charge on any atom is -0.448 e. The number of nitrogens with zero attached hydrogens (tertiary/aromatic N) is 2. The van der Waals surface area contributed by atoms with Gasteiger partial charge in [-0.25, -0.2) is 14.7 Å². The van der Waals surface area contributed by atoms with E-state index in [4.69, 9.17) is 9.47 Å². The van der Waals surface area contributed by atoms with Gasteiger partial charge in [0.2, 0.25) is 10.8 Å². The van der Waals surface area contributed by atoms with Crippen LogP contribution in [0.1, 0.15) is 19.4 Å². The summed E-state index contributed by atoms with van der Waals surface area (Å²) in [6.45, 7) is 3.12. The van der Waals surface area contributed by atoms with Crippen LogP contribution >= 0.6 is 11.8 Å². The Morgan fingerprint density at radius 1 is 1.35 bits per heavy atom. The fourth-order valence-corrected chi connectivity index (χ4v) is 4.14.